The van der Waals surface area contributed by atoms with E-state index in [0.717, 1.165) is 36.6 Å². The number of benzene rings is 1. The van der Waals surface area contributed by atoms with E-state index in [0.29, 0.717) is 11.6 Å². The smallest absolute Gasteiger partial charge is 0.331 e. The lowest BCUT2D eigenvalue weighted by Crippen LogP contribution is -2.36. The number of hydrogen-bond donors (Lipinski definition) is 1. The predicted octanol–water partition coefficient (Wildman–Crippen LogP) is 4.63. The molecule has 27 heavy (non-hydrogen) atoms. The van der Waals surface area contributed by atoms with Crippen LogP contribution in [0.3, 0.4) is 0 Å². The van der Waals surface area contributed by atoms with E-state index < -0.39 is 0 Å². The molecule has 3 heterocycles. The molecule has 3 aliphatic heterocycles. The van der Waals surface area contributed by atoms with Gasteiger partial charge in [-0.15, -0.1) is 0 Å². The summed E-state index contributed by atoms with van der Waals surface area (Å²) in [6.07, 6.45) is 0.943. The van der Waals surface area contributed by atoms with Gasteiger partial charge in [0.05, 0.1) is 0 Å². The Hall–Kier alpha value is -2.15. The summed E-state index contributed by atoms with van der Waals surface area (Å²) < 4.78 is 3.32. The van der Waals surface area contributed by atoms with Crippen LogP contribution in [-0.2, 0) is 13.6 Å². The molecule has 0 spiro atoms. The van der Waals surface area contributed by atoms with E-state index in [2.05, 4.69) is 31.2 Å². The number of anilines is 1. The maximum absolute atomic E-state index is 12.4. The van der Waals surface area contributed by atoms with Gasteiger partial charge < -0.3 is 5.32 Å². The number of alkyl halides is 1. The molecule has 3 aliphatic rings. The second-order valence-corrected chi connectivity index (χ2v) is 5.21. The van der Waals surface area contributed by atoms with Crippen LogP contribution in [0, 0.1) is 0 Å². The first kappa shape index (κ1) is 22.9. The number of imidazole rings is 1. The number of fused-ring (bicyclic) bond motifs is 3. The fourth-order valence-electron chi connectivity index (χ4n) is 2.77. The molecule has 148 valence electrons. The van der Waals surface area contributed by atoms with Crippen LogP contribution in [0.25, 0.3) is 22.9 Å². The number of aromatic nitrogens is 4. The Kier molecular flexibility index (Phi) is 9.78. The molecule has 0 amide bonds. The summed E-state index contributed by atoms with van der Waals surface area (Å²) in [4.78, 5) is 21.6. The Morgan fingerprint density at radius 2 is 1.67 bits per heavy atom. The van der Waals surface area contributed by atoms with Gasteiger partial charge in [-0.3, -0.25) is 9.13 Å². The number of nitrogens with zero attached hydrogens (tertiary/aromatic N) is 4. The van der Waals surface area contributed by atoms with E-state index in [1.807, 2.05) is 63.9 Å². The molecule has 1 aromatic rings. The van der Waals surface area contributed by atoms with Crippen molar-refractivity contribution in [2.24, 2.45) is 7.05 Å². The molecule has 4 rings (SSSR count). The molecule has 0 aliphatic carbocycles. The van der Waals surface area contributed by atoms with Crippen molar-refractivity contribution in [3.8, 4) is 22.9 Å². The molecule has 0 saturated carbocycles. The molecule has 7 heteroatoms. The highest BCUT2D eigenvalue weighted by Gasteiger charge is 2.25. The topological polar surface area (TPSA) is 64.7 Å². The van der Waals surface area contributed by atoms with Crippen molar-refractivity contribution in [2.75, 3.05) is 17.7 Å². The van der Waals surface area contributed by atoms with Gasteiger partial charge >= 0.3 is 5.69 Å². The maximum Gasteiger partial charge on any atom is 0.331 e. The summed E-state index contributed by atoms with van der Waals surface area (Å²) in [5, 5.41) is 3.29. The van der Waals surface area contributed by atoms with E-state index in [1.54, 1.807) is 16.2 Å². The van der Waals surface area contributed by atoms with Crippen molar-refractivity contribution in [3.05, 3.63) is 40.8 Å². The fourth-order valence-corrected chi connectivity index (χ4v) is 2.77. The zero-order chi connectivity index (χ0) is 20.4. The highest BCUT2D eigenvalue weighted by Crippen LogP contribution is 2.30. The van der Waals surface area contributed by atoms with Gasteiger partial charge in [0.15, 0.2) is 11.6 Å². The summed E-state index contributed by atoms with van der Waals surface area (Å²) in [5.74, 6) is 3.88. The standard InChI is InChI=1S/C15H15N5O.2C2H6.CH3Br/c1-19-14-11(13-16-8-5-9-20(13)15(19)21)17-12(18-14)10-6-3-2-4-7-10;3*1-2/h2-4,6-7,16H,5,8-9H2,1H3;2*1-2H3;1H3. The minimum Gasteiger partial charge on any atom is -0.369 e. The second-order valence-electron chi connectivity index (χ2n) is 5.21. The minimum absolute atomic E-state index is 0.0517. The first-order valence-electron chi connectivity index (χ1n) is 9.40. The SMILES string of the molecule is CBr.CC.CC.Cn1c2nc(-c3ccccc3)nc-2c2n(c1=O)CCCN2. The number of rotatable bonds is 1. The van der Waals surface area contributed by atoms with Crippen molar-refractivity contribution in [3.63, 3.8) is 0 Å². The second kappa shape index (κ2) is 11.5. The molecule has 0 bridgehead atoms. The van der Waals surface area contributed by atoms with Crippen LogP contribution in [0.4, 0.5) is 5.82 Å². The van der Waals surface area contributed by atoms with Crippen molar-refractivity contribution in [2.45, 2.75) is 40.7 Å². The van der Waals surface area contributed by atoms with Gasteiger partial charge in [-0.25, -0.2) is 14.8 Å². The third-order valence-electron chi connectivity index (χ3n) is 3.85. The number of halogens is 1. The highest BCUT2D eigenvalue weighted by molar-refractivity contribution is 9.08. The quantitative estimate of drug-likeness (QED) is 0.565. The molecule has 0 radical (unpaired) electrons. The van der Waals surface area contributed by atoms with Crippen LogP contribution in [0.1, 0.15) is 34.1 Å². The third kappa shape index (κ3) is 4.77. The van der Waals surface area contributed by atoms with Crippen LogP contribution in [0.2, 0.25) is 0 Å². The van der Waals surface area contributed by atoms with Crippen molar-refractivity contribution < 1.29 is 0 Å². The van der Waals surface area contributed by atoms with Gasteiger partial charge in [-0.2, -0.15) is 0 Å². The molecular weight excluding hydrogens is 406 g/mol. The van der Waals surface area contributed by atoms with Crippen LogP contribution in [0.5, 0.6) is 0 Å². The van der Waals surface area contributed by atoms with Gasteiger partial charge in [0.2, 0.25) is 0 Å². The third-order valence-corrected chi connectivity index (χ3v) is 3.85. The minimum atomic E-state index is -0.0517. The van der Waals surface area contributed by atoms with E-state index in [1.165, 1.54) is 0 Å². The van der Waals surface area contributed by atoms with Gasteiger partial charge in [0, 0.05) is 25.7 Å². The van der Waals surface area contributed by atoms with Gasteiger partial charge in [0.1, 0.15) is 11.5 Å². The zero-order valence-electron chi connectivity index (χ0n) is 17.1. The normalized spacial score (nSPS) is 11.5. The van der Waals surface area contributed by atoms with Crippen molar-refractivity contribution >= 4 is 21.7 Å². The van der Waals surface area contributed by atoms with Crippen LogP contribution >= 0.6 is 15.9 Å². The molecular formula is C20H30BrN5O. The number of nitrogens with one attached hydrogen (secondary N) is 1. The Labute approximate surface area is 170 Å². The van der Waals surface area contributed by atoms with Crippen LogP contribution < -0.4 is 11.0 Å². The van der Waals surface area contributed by atoms with E-state index in [9.17, 15) is 4.79 Å². The lowest BCUT2D eigenvalue weighted by molar-refractivity contribution is 0.567. The summed E-state index contributed by atoms with van der Waals surface area (Å²) in [6, 6.07) is 9.82. The molecule has 0 aromatic heterocycles. The van der Waals surface area contributed by atoms with E-state index in [-0.39, 0.29) is 5.69 Å². The fraction of sp³-hybridized carbons (Fsp3) is 0.450. The van der Waals surface area contributed by atoms with Gasteiger partial charge in [-0.05, 0) is 12.3 Å². The summed E-state index contributed by atoms with van der Waals surface area (Å²) >= 11 is 2.94. The van der Waals surface area contributed by atoms with E-state index in [4.69, 9.17) is 0 Å². The Balaban J connectivity index is 0.000000556. The highest BCUT2D eigenvalue weighted by atomic mass is 79.9. The lowest BCUT2D eigenvalue weighted by atomic mass is 10.2. The molecule has 0 atom stereocenters. The van der Waals surface area contributed by atoms with Gasteiger partial charge in [0.25, 0.3) is 0 Å². The summed E-state index contributed by atoms with van der Waals surface area (Å²) in [5.41, 5.74) is 1.66. The monoisotopic (exact) mass is 435 g/mol. The largest absolute Gasteiger partial charge is 0.369 e. The molecule has 1 N–H and O–H groups in total. The molecule has 0 saturated heterocycles. The number of hydrogen-bond acceptors (Lipinski definition) is 4. The molecule has 0 fully saturated rings. The van der Waals surface area contributed by atoms with Crippen LogP contribution in [0.15, 0.2) is 35.1 Å². The average Bonchev–Trinajstić information content (AvgIpc) is 3.23. The van der Waals surface area contributed by atoms with Crippen LogP contribution in [-0.4, -0.2) is 31.5 Å². The molecule has 6 nitrogen and oxygen atoms in total. The Morgan fingerprint density at radius 1 is 1.04 bits per heavy atom. The van der Waals surface area contributed by atoms with Crippen molar-refractivity contribution in [1.82, 2.24) is 19.1 Å². The van der Waals surface area contributed by atoms with E-state index >= 15 is 0 Å². The summed E-state index contributed by atoms with van der Waals surface area (Å²) in [6.45, 7) is 9.58. The maximum atomic E-state index is 12.4. The lowest BCUT2D eigenvalue weighted by Gasteiger charge is -2.22. The molecule has 1 aromatic carbocycles. The first-order valence-corrected chi connectivity index (χ1v) is 11.0. The molecule has 0 unspecified atom stereocenters. The zero-order valence-corrected chi connectivity index (χ0v) is 18.7. The predicted molar refractivity (Wildman–Crippen MR) is 118 cm³/mol. The van der Waals surface area contributed by atoms with Gasteiger partial charge in [-0.1, -0.05) is 74.0 Å². The summed E-state index contributed by atoms with van der Waals surface area (Å²) in [7, 11) is 1.75. The first-order chi connectivity index (χ1) is 13.3. The Bertz CT molecular complexity index is 842. The Morgan fingerprint density at radius 3 is 2.30 bits per heavy atom. The average molecular weight is 436 g/mol. The van der Waals surface area contributed by atoms with Crippen molar-refractivity contribution in [1.29, 1.82) is 0 Å².